The van der Waals surface area contributed by atoms with Crippen LogP contribution < -0.4 is 0 Å². The van der Waals surface area contributed by atoms with Crippen LogP contribution in [0.4, 0.5) is 0 Å². The Bertz CT molecular complexity index is 4530. The lowest BCUT2D eigenvalue weighted by Crippen LogP contribution is -1.86. The average molecular weight is 1560 g/mol. The van der Waals surface area contributed by atoms with Crippen molar-refractivity contribution in [3.63, 3.8) is 0 Å². The Kier molecular flexibility index (Phi) is 55.0. The number of hydrogen-bond donors (Lipinski definition) is 0. The van der Waals surface area contributed by atoms with E-state index in [9.17, 15) is 0 Å². The smallest absolute Gasteiger partial charge is 0.125 e. The van der Waals surface area contributed by atoms with E-state index in [1.54, 1.807) is 18.6 Å². The molecule has 18 aromatic rings. The normalized spacial score (nSPS) is 9.15. The first kappa shape index (κ1) is 102. The molecular formula is C104H131N13. The largest absolute Gasteiger partial charge is 0.264 e. The van der Waals surface area contributed by atoms with Crippen LogP contribution in [-0.2, 0) is 0 Å². The van der Waals surface area contributed by atoms with Crippen molar-refractivity contribution < 1.29 is 0 Å². The fourth-order valence-electron chi connectivity index (χ4n) is 10.2. The number of hydrogen-bond acceptors (Lipinski definition) is 13. The van der Waals surface area contributed by atoms with E-state index in [2.05, 4.69) is 177 Å². The summed E-state index contributed by atoms with van der Waals surface area (Å²) in [6.07, 6.45) is 20.1. The molecule has 0 aliphatic carbocycles. The van der Waals surface area contributed by atoms with Crippen molar-refractivity contribution in [3.05, 3.63) is 356 Å². The summed E-state index contributed by atoms with van der Waals surface area (Å²) < 4.78 is 0. The molecule has 612 valence electrons. The van der Waals surface area contributed by atoms with Gasteiger partial charge < -0.3 is 0 Å². The maximum atomic E-state index is 4.38. The monoisotopic (exact) mass is 1560 g/mol. The molecule has 0 amide bonds. The second kappa shape index (κ2) is 62.8. The molecule has 0 fully saturated rings. The number of pyridine rings is 9. The van der Waals surface area contributed by atoms with E-state index in [1.165, 1.54) is 59.8 Å². The van der Waals surface area contributed by atoms with Gasteiger partial charge in [0.2, 0.25) is 0 Å². The Labute approximate surface area is 701 Å². The van der Waals surface area contributed by atoms with Crippen molar-refractivity contribution >= 4 is 98.0 Å². The van der Waals surface area contributed by atoms with Gasteiger partial charge in [-0.2, -0.15) is 0 Å². The highest BCUT2D eigenvalue weighted by atomic mass is 14.9. The van der Waals surface area contributed by atoms with Gasteiger partial charge in [-0.15, -0.1) is 0 Å². The molecule has 0 spiro atoms. The SMILES string of the molecule is CC.CC.CC.CC.CC.CC.CC.CC.CC.Cc1cc2ccccc2cn1.Cc1ccc2ccccc2n1.Cc1ccc2cccnc2c1.Cc1ccc2ccncc2c1.Cc1ccc2cnccc2c1.Cc1ccc2cnccc2n1.Cc1ccc2ncccc2n1.Cc1cnc2ccccc2n1.Cc1ncc2ccccc2n1. The first-order valence-corrected chi connectivity index (χ1v) is 41.5. The third-order valence-electron chi connectivity index (χ3n) is 15.3. The van der Waals surface area contributed by atoms with Crippen LogP contribution in [-0.4, -0.2) is 64.8 Å². The van der Waals surface area contributed by atoms with Gasteiger partial charge in [-0.05, 0) is 193 Å². The van der Waals surface area contributed by atoms with Crippen LogP contribution in [0.15, 0.2) is 305 Å². The lowest BCUT2D eigenvalue weighted by Gasteiger charge is -1.96. The van der Waals surface area contributed by atoms with Gasteiger partial charge in [0.1, 0.15) is 5.82 Å². The third kappa shape index (κ3) is 37.9. The maximum Gasteiger partial charge on any atom is 0.125 e. The fourth-order valence-corrected chi connectivity index (χ4v) is 10.2. The number of benzene rings is 7. The van der Waals surface area contributed by atoms with Gasteiger partial charge in [0.15, 0.2) is 0 Å². The molecule has 18 rings (SSSR count). The predicted molar refractivity (Wildman–Crippen MR) is 512 cm³/mol. The van der Waals surface area contributed by atoms with Crippen LogP contribution in [0, 0.1) is 62.3 Å². The van der Waals surface area contributed by atoms with Crippen molar-refractivity contribution in [1.29, 1.82) is 0 Å². The second-order valence-corrected chi connectivity index (χ2v) is 23.5. The first-order valence-electron chi connectivity index (χ1n) is 41.5. The summed E-state index contributed by atoms with van der Waals surface area (Å²) in [5.74, 6) is 0.823. The Morgan fingerprint density at radius 1 is 0.162 bits per heavy atom. The molecule has 0 unspecified atom stereocenters. The molecular weight excluding hydrogens is 1430 g/mol. The zero-order valence-corrected chi connectivity index (χ0v) is 75.2. The molecule has 0 aliphatic rings. The number of nitrogens with zero attached hydrogens (tertiary/aromatic N) is 13. The lowest BCUT2D eigenvalue weighted by atomic mass is 10.1. The number of rotatable bonds is 0. The highest BCUT2D eigenvalue weighted by molar-refractivity contribution is 5.85. The molecule has 0 radical (unpaired) electrons. The zero-order chi connectivity index (χ0) is 87.1. The third-order valence-corrected chi connectivity index (χ3v) is 15.3. The van der Waals surface area contributed by atoms with Crippen molar-refractivity contribution in [1.82, 2.24) is 64.8 Å². The Hall–Kier alpha value is -12.6. The molecule has 11 heterocycles. The minimum atomic E-state index is 0.823. The van der Waals surface area contributed by atoms with Gasteiger partial charge in [-0.25, -0.2) is 15.0 Å². The molecule has 0 N–H and O–H groups in total. The Morgan fingerprint density at radius 2 is 0.504 bits per heavy atom. The van der Waals surface area contributed by atoms with Crippen LogP contribution in [0.25, 0.3) is 98.0 Å². The Balaban J connectivity index is 0.000000642. The van der Waals surface area contributed by atoms with Gasteiger partial charge in [0, 0.05) is 129 Å². The summed E-state index contributed by atoms with van der Waals surface area (Å²) in [5.41, 5.74) is 17.0. The summed E-state index contributed by atoms with van der Waals surface area (Å²) >= 11 is 0. The van der Waals surface area contributed by atoms with Gasteiger partial charge in [0.05, 0.1) is 49.8 Å². The molecule has 11 aromatic heterocycles. The van der Waals surface area contributed by atoms with Crippen molar-refractivity contribution in [2.24, 2.45) is 0 Å². The lowest BCUT2D eigenvalue weighted by molar-refractivity contribution is 1.09. The van der Waals surface area contributed by atoms with Crippen molar-refractivity contribution in [3.8, 4) is 0 Å². The summed E-state index contributed by atoms with van der Waals surface area (Å²) in [6.45, 7) is 54.1. The predicted octanol–water partition coefficient (Wildman–Crippen LogP) is 29.7. The quantitative estimate of drug-likeness (QED) is 0.141. The minimum Gasteiger partial charge on any atom is -0.264 e. The van der Waals surface area contributed by atoms with Gasteiger partial charge in [-0.1, -0.05) is 263 Å². The van der Waals surface area contributed by atoms with E-state index in [0.29, 0.717) is 0 Å². The molecule has 0 saturated carbocycles. The van der Waals surface area contributed by atoms with Gasteiger partial charge in [-0.3, -0.25) is 49.8 Å². The zero-order valence-electron chi connectivity index (χ0n) is 75.2. The molecule has 13 nitrogen and oxygen atoms in total. The molecule has 0 atom stereocenters. The summed E-state index contributed by atoms with van der Waals surface area (Å²) in [7, 11) is 0. The van der Waals surface area contributed by atoms with E-state index in [0.717, 1.165) is 89.2 Å². The highest BCUT2D eigenvalue weighted by Crippen LogP contribution is 2.18. The number of aryl methyl sites for hydroxylation is 9. The molecule has 0 saturated heterocycles. The molecule has 7 aromatic carbocycles. The second-order valence-electron chi connectivity index (χ2n) is 23.5. The number of aromatic nitrogens is 13. The Morgan fingerprint density at radius 3 is 1.11 bits per heavy atom. The number of fused-ring (bicyclic) bond motifs is 9. The van der Waals surface area contributed by atoms with Gasteiger partial charge in [0.25, 0.3) is 0 Å². The summed E-state index contributed by atoms with van der Waals surface area (Å²) in [4.78, 5) is 54.6. The van der Waals surface area contributed by atoms with E-state index < -0.39 is 0 Å². The van der Waals surface area contributed by atoms with Crippen LogP contribution in [0.1, 0.15) is 176 Å². The van der Waals surface area contributed by atoms with Crippen molar-refractivity contribution in [2.45, 2.75) is 187 Å². The van der Waals surface area contributed by atoms with Gasteiger partial charge >= 0.3 is 0 Å². The number of para-hydroxylation sites is 4. The molecule has 0 aliphatic heterocycles. The summed E-state index contributed by atoms with van der Waals surface area (Å²) in [6, 6.07) is 79.3. The molecule has 0 bridgehead atoms. The maximum absolute atomic E-state index is 4.38. The first-order chi connectivity index (χ1) is 57.2. The fraction of sp³-hybridized carbons (Fsp3) is 0.260. The van der Waals surface area contributed by atoms with Crippen LogP contribution in [0.2, 0.25) is 0 Å². The van der Waals surface area contributed by atoms with Crippen molar-refractivity contribution in [2.75, 3.05) is 0 Å². The van der Waals surface area contributed by atoms with Crippen LogP contribution in [0.3, 0.4) is 0 Å². The van der Waals surface area contributed by atoms with E-state index >= 15 is 0 Å². The molecule has 117 heavy (non-hydrogen) atoms. The molecule has 13 heteroatoms. The van der Waals surface area contributed by atoms with E-state index in [1.807, 2.05) is 361 Å². The minimum absolute atomic E-state index is 0.823. The topological polar surface area (TPSA) is 168 Å². The van der Waals surface area contributed by atoms with Crippen LogP contribution in [0.5, 0.6) is 0 Å². The standard InChI is InChI=1S/5C10H9N.4C9H8N2.9C2H6/c1-8-2-3-10-7-11-5-4-9(10)6-8;1-8-2-3-9-4-5-11-7-10(9)6-8;1-8-4-5-9-3-2-6-11-10(9)7-8;1-8-6-9-4-2-3-5-10(9)7-11-8;1-8-6-7-9-4-2-3-5-10(9)11-8;1-7-2-3-8-6-10-5-4-9(8)11-7;1-7-4-5-8-9(11-7)3-2-6-10-8;1-7-10-6-8-4-2-3-5-9(8)11-7;1-7-6-10-8-4-2-3-5-9(8)11-7;9*1-2/h5*2-7H,1H3;4*2-6H,1H3;9*1-2H3. The van der Waals surface area contributed by atoms with E-state index in [4.69, 9.17) is 0 Å². The van der Waals surface area contributed by atoms with Crippen LogP contribution >= 0.6 is 0 Å². The van der Waals surface area contributed by atoms with E-state index in [-0.39, 0.29) is 0 Å². The average Bonchev–Trinajstić information content (AvgIpc) is 0.931. The highest BCUT2D eigenvalue weighted by Gasteiger charge is 1.99. The summed E-state index contributed by atoms with van der Waals surface area (Å²) in [5, 5.41) is 12.0.